The van der Waals surface area contributed by atoms with Crippen LogP contribution in [0, 0.1) is 0 Å². The molecular formula is C30H32O4. The van der Waals surface area contributed by atoms with Crippen molar-refractivity contribution < 1.29 is 19.1 Å². The van der Waals surface area contributed by atoms with Crippen LogP contribution in [0.1, 0.15) is 83.5 Å². The summed E-state index contributed by atoms with van der Waals surface area (Å²) in [6.07, 6.45) is 2.22. The highest BCUT2D eigenvalue weighted by Gasteiger charge is 2.37. The maximum Gasteiger partial charge on any atom is 0.338 e. The summed E-state index contributed by atoms with van der Waals surface area (Å²) in [5.74, 6) is -0.722. The van der Waals surface area contributed by atoms with Crippen molar-refractivity contribution in [2.45, 2.75) is 64.6 Å². The summed E-state index contributed by atoms with van der Waals surface area (Å²) in [5, 5.41) is 0. The van der Waals surface area contributed by atoms with E-state index in [0.717, 1.165) is 24.0 Å². The van der Waals surface area contributed by atoms with Crippen molar-refractivity contribution in [3.63, 3.8) is 0 Å². The Hall–Kier alpha value is -3.40. The molecule has 0 aliphatic heterocycles. The van der Waals surface area contributed by atoms with Crippen molar-refractivity contribution in [2.75, 3.05) is 0 Å². The number of ether oxygens (including phenoxy) is 2. The first kappa shape index (κ1) is 23.7. The Bertz CT molecular complexity index is 1170. The molecule has 0 heterocycles. The van der Waals surface area contributed by atoms with E-state index in [-0.39, 0.29) is 36.0 Å². The zero-order chi connectivity index (χ0) is 24.3. The van der Waals surface area contributed by atoms with Gasteiger partial charge in [-0.1, -0.05) is 76.2 Å². The van der Waals surface area contributed by atoms with Crippen molar-refractivity contribution in [2.24, 2.45) is 0 Å². The lowest BCUT2D eigenvalue weighted by Gasteiger charge is -2.41. The van der Waals surface area contributed by atoms with Crippen LogP contribution in [0.2, 0.25) is 0 Å². The van der Waals surface area contributed by atoms with Crippen LogP contribution in [0.25, 0.3) is 0 Å². The molecule has 0 amide bonds. The van der Waals surface area contributed by atoms with Crippen LogP contribution in [0.5, 0.6) is 0 Å². The maximum atomic E-state index is 12.8. The van der Waals surface area contributed by atoms with Crippen LogP contribution in [0.3, 0.4) is 0 Å². The van der Waals surface area contributed by atoms with Gasteiger partial charge in [-0.2, -0.15) is 0 Å². The minimum Gasteiger partial charge on any atom is -0.457 e. The smallest absolute Gasteiger partial charge is 0.338 e. The first-order valence-electron chi connectivity index (χ1n) is 11.8. The largest absolute Gasteiger partial charge is 0.457 e. The van der Waals surface area contributed by atoms with Crippen molar-refractivity contribution in [1.82, 2.24) is 0 Å². The van der Waals surface area contributed by atoms with Gasteiger partial charge in [0.05, 0.1) is 11.1 Å². The summed E-state index contributed by atoms with van der Waals surface area (Å²) >= 11 is 0. The second kappa shape index (κ2) is 9.46. The molecule has 176 valence electrons. The molecule has 0 N–H and O–H groups in total. The minimum absolute atomic E-state index is 0.0338. The molecule has 0 saturated carbocycles. The van der Waals surface area contributed by atoms with E-state index >= 15 is 0 Å². The molecule has 4 heteroatoms. The predicted octanol–water partition coefficient (Wildman–Crippen LogP) is 6.75. The Morgan fingerprint density at radius 1 is 0.647 bits per heavy atom. The monoisotopic (exact) mass is 456 g/mol. The molecule has 0 aromatic heterocycles. The van der Waals surface area contributed by atoms with Crippen LogP contribution in [0.4, 0.5) is 0 Å². The standard InChI is InChI=1S/C30H32O4/c1-29(2)16-17-30(3,4)26-18-24(14-15-25(26)29)28(32)34-20-22-10-12-23(13-11-22)27(31)33-19-21-8-6-5-7-9-21/h5-15,18H,16-17,19-20H2,1-4H3. The molecule has 0 atom stereocenters. The quantitative estimate of drug-likeness (QED) is 0.385. The van der Waals surface area contributed by atoms with E-state index in [9.17, 15) is 9.59 Å². The van der Waals surface area contributed by atoms with Crippen LogP contribution in [-0.2, 0) is 33.5 Å². The van der Waals surface area contributed by atoms with Crippen LogP contribution in [-0.4, -0.2) is 11.9 Å². The van der Waals surface area contributed by atoms with Gasteiger partial charge < -0.3 is 9.47 Å². The van der Waals surface area contributed by atoms with Crippen LogP contribution >= 0.6 is 0 Å². The number of benzene rings is 3. The molecule has 1 aliphatic carbocycles. The SMILES string of the molecule is CC1(C)CCC(C)(C)c2cc(C(=O)OCc3ccc(C(=O)OCc4ccccc4)cc3)ccc21. The van der Waals surface area contributed by atoms with Crippen molar-refractivity contribution in [3.8, 4) is 0 Å². The fourth-order valence-corrected chi connectivity index (χ4v) is 4.49. The lowest BCUT2D eigenvalue weighted by Crippen LogP contribution is -2.34. The summed E-state index contributed by atoms with van der Waals surface area (Å²) in [4.78, 5) is 25.1. The van der Waals surface area contributed by atoms with Crippen LogP contribution < -0.4 is 0 Å². The second-order valence-electron chi connectivity index (χ2n) is 10.4. The first-order chi connectivity index (χ1) is 16.2. The van der Waals surface area contributed by atoms with E-state index < -0.39 is 0 Å². The van der Waals surface area contributed by atoms with E-state index in [1.165, 1.54) is 11.1 Å². The highest BCUT2D eigenvalue weighted by Crippen LogP contribution is 2.45. The van der Waals surface area contributed by atoms with Crippen molar-refractivity contribution >= 4 is 11.9 Å². The number of esters is 2. The summed E-state index contributed by atoms with van der Waals surface area (Å²) < 4.78 is 10.9. The van der Waals surface area contributed by atoms with Crippen LogP contribution in [0.15, 0.2) is 72.8 Å². The molecule has 34 heavy (non-hydrogen) atoms. The van der Waals surface area contributed by atoms with Gasteiger partial charge in [0.25, 0.3) is 0 Å². The molecule has 4 nitrogen and oxygen atoms in total. The lowest BCUT2D eigenvalue weighted by atomic mass is 9.63. The zero-order valence-corrected chi connectivity index (χ0v) is 20.4. The van der Waals surface area contributed by atoms with Gasteiger partial charge in [0.1, 0.15) is 13.2 Å². The zero-order valence-electron chi connectivity index (χ0n) is 20.4. The fourth-order valence-electron chi connectivity index (χ4n) is 4.49. The van der Waals surface area contributed by atoms with Gasteiger partial charge in [0.15, 0.2) is 0 Å². The Balaban J connectivity index is 1.36. The third kappa shape index (κ3) is 5.22. The molecule has 0 saturated heterocycles. The Morgan fingerprint density at radius 3 is 1.76 bits per heavy atom. The highest BCUT2D eigenvalue weighted by molar-refractivity contribution is 5.90. The summed E-state index contributed by atoms with van der Waals surface area (Å²) in [6, 6.07) is 22.5. The summed E-state index contributed by atoms with van der Waals surface area (Å²) in [5.41, 5.74) is 5.48. The van der Waals surface area contributed by atoms with E-state index in [1.807, 2.05) is 42.5 Å². The predicted molar refractivity (Wildman–Crippen MR) is 133 cm³/mol. The molecular weight excluding hydrogens is 424 g/mol. The maximum absolute atomic E-state index is 12.8. The Kier molecular flexibility index (Phi) is 6.60. The molecule has 3 aromatic carbocycles. The van der Waals surface area contributed by atoms with Gasteiger partial charge in [-0.3, -0.25) is 0 Å². The van der Waals surface area contributed by atoms with Gasteiger partial charge in [0.2, 0.25) is 0 Å². The topological polar surface area (TPSA) is 52.6 Å². The molecule has 0 fully saturated rings. The average Bonchev–Trinajstić information content (AvgIpc) is 2.84. The normalized spacial score (nSPS) is 15.8. The van der Waals surface area contributed by atoms with Gasteiger partial charge in [-0.15, -0.1) is 0 Å². The third-order valence-corrected chi connectivity index (χ3v) is 6.86. The second-order valence-corrected chi connectivity index (χ2v) is 10.4. The fraction of sp³-hybridized carbons (Fsp3) is 0.333. The molecule has 0 radical (unpaired) electrons. The number of rotatable bonds is 6. The number of hydrogen-bond donors (Lipinski definition) is 0. The Labute approximate surface area is 201 Å². The van der Waals surface area contributed by atoms with Crippen molar-refractivity contribution in [1.29, 1.82) is 0 Å². The number of carbonyl (C=O) groups excluding carboxylic acids is 2. The van der Waals surface area contributed by atoms with E-state index in [4.69, 9.17) is 9.47 Å². The average molecular weight is 457 g/mol. The number of fused-ring (bicyclic) bond motifs is 1. The van der Waals surface area contributed by atoms with E-state index in [0.29, 0.717) is 11.1 Å². The van der Waals surface area contributed by atoms with Gasteiger partial charge in [0, 0.05) is 0 Å². The molecule has 3 aromatic rings. The highest BCUT2D eigenvalue weighted by atomic mass is 16.5. The van der Waals surface area contributed by atoms with E-state index in [1.54, 1.807) is 24.3 Å². The van der Waals surface area contributed by atoms with E-state index in [2.05, 4.69) is 33.8 Å². The van der Waals surface area contributed by atoms with Gasteiger partial charge >= 0.3 is 11.9 Å². The van der Waals surface area contributed by atoms with Gasteiger partial charge in [-0.05, 0) is 70.2 Å². The number of carbonyl (C=O) groups is 2. The third-order valence-electron chi connectivity index (χ3n) is 6.86. The summed E-state index contributed by atoms with van der Waals surface area (Å²) in [6.45, 7) is 9.38. The minimum atomic E-state index is -0.382. The molecule has 1 aliphatic rings. The lowest BCUT2D eigenvalue weighted by molar-refractivity contribution is 0.0459. The molecule has 4 rings (SSSR count). The number of hydrogen-bond acceptors (Lipinski definition) is 4. The first-order valence-corrected chi connectivity index (χ1v) is 11.8. The Morgan fingerprint density at radius 2 is 1.15 bits per heavy atom. The summed E-state index contributed by atoms with van der Waals surface area (Å²) in [7, 11) is 0. The molecule has 0 spiro atoms. The molecule has 0 bridgehead atoms. The van der Waals surface area contributed by atoms with Gasteiger partial charge in [-0.25, -0.2) is 9.59 Å². The molecule has 0 unspecified atom stereocenters. The van der Waals surface area contributed by atoms with Crippen molar-refractivity contribution in [3.05, 3.63) is 106 Å².